The van der Waals surface area contributed by atoms with Gasteiger partial charge in [0.15, 0.2) is 5.78 Å². The first-order valence-electron chi connectivity index (χ1n) is 12.9. The van der Waals surface area contributed by atoms with Gasteiger partial charge in [-0.3, -0.25) is 9.69 Å². The van der Waals surface area contributed by atoms with Gasteiger partial charge in [-0.05, 0) is 80.6 Å². The first-order chi connectivity index (χ1) is 18.7. The molecule has 0 fully saturated rings. The molecule has 3 aromatic rings. The number of carbonyl (C=O) groups excluding carboxylic acids is 1. The van der Waals surface area contributed by atoms with E-state index in [0.717, 1.165) is 33.7 Å². The van der Waals surface area contributed by atoms with Crippen LogP contribution in [0.2, 0.25) is 5.02 Å². The van der Waals surface area contributed by atoms with Gasteiger partial charge in [-0.25, -0.2) is 4.39 Å². The summed E-state index contributed by atoms with van der Waals surface area (Å²) >= 11 is 7.87. The number of rotatable bonds is 5. The molecule has 5 rings (SSSR count). The summed E-state index contributed by atoms with van der Waals surface area (Å²) in [5.74, 6) is -0.0877. The zero-order chi connectivity index (χ0) is 27.8. The number of allylic oxidation sites excluding steroid dienone is 3. The Hall–Kier alpha value is -3.53. The van der Waals surface area contributed by atoms with E-state index in [1.807, 2.05) is 6.92 Å². The van der Waals surface area contributed by atoms with Crippen LogP contribution >= 0.6 is 23.4 Å². The van der Waals surface area contributed by atoms with Crippen LogP contribution in [0.4, 0.5) is 10.1 Å². The number of hydrogen-bond acceptors (Lipinski definition) is 5. The number of aryl methyl sites for hydroxylation is 2. The fourth-order valence-corrected chi connectivity index (χ4v) is 6.65. The van der Waals surface area contributed by atoms with Crippen molar-refractivity contribution in [2.75, 3.05) is 4.90 Å². The van der Waals surface area contributed by atoms with Gasteiger partial charge in [-0.2, -0.15) is 5.26 Å². The van der Waals surface area contributed by atoms with Crippen LogP contribution in [0.15, 0.2) is 82.2 Å². The lowest BCUT2D eigenvalue weighted by atomic mass is 9.73. The Bertz CT molecular complexity index is 1590. The van der Waals surface area contributed by atoms with Crippen LogP contribution in [-0.4, -0.2) is 5.78 Å². The molecule has 0 radical (unpaired) electrons. The average Bonchev–Trinajstić information content (AvgIpc) is 2.91. The third kappa shape index (κ3) is 5.09. The van der Waals surface area contributed by atoms with Gasteiger partial charge in [0.25, 0.3) is 0 Å². The molecule has 2 N–H and O–H groups in total. The maximum Gasteiger partial charge on any atom is 0.161 e. The molecule has 2 aliphatic rings. The molecule has 1 unspecified atom stereocenters. The zero-order valence-corrected chi connectivity index (χ0v) is 23.7. The first kappa shape index (κ1) is 27.1. The van der Waals surface area contributed by atoms with Crippen molar-refractivity contribution in [3.05, 3.63) is 116 Å². The maximum atomic E-state index is 14.0. The highest BCUT2D eigenvalue weighted by Gasteiger charge is 2.41. The molecule has 0 saturated carbocycles. The lowest BCUT2D eigenvalue weighted by Crippen LogP contribution is -2.39. The minimum atomic E-state index is -0.562. The summed E-state index contributed by atoms with van der Waals surface area (Å²) in [6.45, 7) is 6.17. The lowest BCUT2D eigenvalue weighted by molar-refractivity contribution is -0.116. The molecular weight excluding hydrogens is 529 g/mol. The molecule has 7 heteroatoms. The number of anilines is 1. The molecule has 3 aromatic carbocycles. The number of halogens is 2. The van der Waals surface area contributed by atoms with E-state index >= 15 is 0 Å². The van der Waals surface area contributed by atoms with E-state index in [2.05, 4.69) is 56.3 Å². The van der Waals surface area contributed by atoms with Crippen molar-refractivity contribution in [3.63, 3.8) is 0 Å². The van der Waals surface area contributed by atoms with E-state index in [1.54, 1.807) is 22.7 Å². The second-order valence-electron chi connectivity index (χ2n) is 10.2. The molecule has 4 nitrogen and oxygen atoms in total. The number of nitrogens with two attached hydrogens (primary N) is 1. The summed E-state index contributed by atoms with van der Waals surface area (Å²) in [5.41, 5.74) is 14.3. The van der Waals surface area contributed by atoms with E-state index in [4.69, 9.17) is 17.3 Å². The number of nitrogens with zero attached hydrogens (tertiary/aromatic N) is 2. The second-order valence-corrected chi connectivity index (χ2v) is 11.6. The monoisotopic (exact) mass is 557 g/mol. The number of nitriles is 1. The molecule has 1 aliphatic carbocycles. The molecule has 0 bridgehead atoms. The van der Waals surface area contributed by atoms with Crippen molar-refractivity contribution < 1.29 is 9.18 Å². The lowest BCUT2D eigenvalue weighted by Gasteiger charge is -2.40. The van der Waals surface area contributed by atoms with E-state index in [-0.39, 0.29) is 16.6 Å². The summed E-state index contributed by atoms with van der Waals surface area (Å²) in [7, 11) is 0. The Morgan fingerprint density at radius 2 is 1.82 bits per heavy atom. The number of thioether (sulfide) groups is 1. The van der Waals surface area contributed by atoms with Gasteiger partial charge in [0.05, 0.1) is 22.6 Å². The average molecular weight is 558 g/mol. The standard InChI is InChI=1S/C32H29ClFN3OS/c1-18-7-10-23(11-8-18)39-17-21-13-19(2)14-24(20(21)3)30-25(16-35)32(36)37(22-9-12-27(34)26(33)15-22)28-5-4-6-29(38)31(28)30/h7-15,30H,4-6,17,36H2,1-3H3. The molecule has 39 heavy (non-hydrogen) atoms. The van der Waals surface area contributed by atoms with E-state index in [0.29, 0.717) is 36.1 Å². The predicted octanol–water partition coefficient (Wildman–Crippen LogP) is 8.00. The smallest absolute Gasteiger partial charge is 0.161 e. The van der Waals surface area contributed by atoms with Gasteiger partial charge in [0, 0.05) is 34.0 Å². The maximum absolute atomic E-state index is 14.0. The van der Waals surface area contributed by atoms with Crippen LogP contribution in [-0.2, 0) is 10.5 Å². The Labute approximate surface area is 238 Å². The van der Waals surface area contributed by atoms with E-state index in [9.17, 15) is 14.4 Å². The van der Waals surface area contributed by atoms with E-state index < -0.39 is 11.7 Å². The Balaban J connectivity index is 1.63. The third-order valence-corrected chi connectivity index (χ3v) is 8.85. The predicted molar refractivity (Wildman–Crippen MR) is 156 cm³/mol. The SMILES string of the molecule is Cc1ccc(SCc2cc(C)cc(C3C(C#N)=C(N)N(c4ccc(F)c(Cl)c4)C4=C3C(=O)CCC4)c2C)cc1. The highest BCUT2D eigenvalue weighted by Crippen LogP contribution is 2.48. The van der Waals surface area contributed by atoms with Crippen molar-refractivity contribution in [2.45, 2.75) is 56.6 Å². The van der Waals surface area contributed by atoms with Gasteiger partial charge in [-0.15, -0.1) is 11.8 Å². The highest BCUT2D eigenvalue weighted by atomic mass is 35.5. The number of hydrogen-bond donors (Lipinski definition) is 1. The molecule has 0 amide bonds. The molecular formula is C32H29ClFN3OS. The van der Waals surface area contributed by atoms with Crippen LogP contribution < -0.4 is 10.6 Å². The van der Waals surface area contributed by atoms with E-state index in [1.165, 1.54) is 22.6 Å². The van der Waals surface area contributed by atoms with Crippen molar-refractivity contribution in [1.82, 2.24) is 0 Å². The fraction of sp³-hybridized carbons (Fsp3) is 0.250. The number of Topliss-reactive ketones (excluding diaryl/α,β-unsaturated/α-hetero) is 1. The molecule has 0 saturated heterocycles. The largest absolute Gasteiger partial charge is 0.384 e. The topological polar surface area (TPSA) is 70.1 Å². The quantitative estimate of drug-likeness (QED) is 0.322. The van der Waals surface area contributed by atoms with Gasteiger partial charge in [0.1, 0.15) is 11.6 Å². The van der Waals surface area contributed by atoms with Crippen LogP contribution in [0.25, 0.3) is 0 Å². The minimum absolute atomic E-state index is 0.0104. The van der Waals surface area contributed by atoms with Crippen molar-refractivity contribution >= 4 is 34.8 Å². The van der Waals surface area contributed by atoms with Crippen LogP contribution in [0.1, 0.15) is 53.0 Å². The molecule has 0 aromatic heterocycles. The summed E-state index contributed by atoms with van der Waals surface area (Å²) < 4.78 is 14.0. The van der Waals surface area contributed by atoms with Gasteiger partial charge >= 0.3 is 0 Å². The molecule has 1 atom stereocenters. The Morgan fingerprint density at radius 3 is 2.51 bits per heavy atom. The summed E-state index contributed by atoms with van der Waals surface area (Å²) in [5, 5.41) is 10.4. The minimum Gasteiger partial charge on any atom is -0.384 e. The fourth-order valence-electron chi connectivity index (χ4n) is 5.53. The number of benzene rings is 3. The summed E-state index contributed by atoms with van der Waals surface area (Å²) in [6, 6.07) is 19.4. The summed E-state index contributed by atoms with van der Waals surface area (Å²) in [4.78, 5) is 16.4. The Kier molecular flexibility index (Phi) is 7.57. The number of ketones is 1. The van der Waals surface area contributed by atoms with Gasteiger partial charge < -0.3 is 5.73 Å². The molecule has 1 heterocycles. The first-order valence-corrected chi connectivity index (χ1v) is 14.3. The van der Waals surface area contributed by atoms with Gasteiger partial charge in [-0.1, -0.05) is 47.0 Å². The van der Waals surface area contributed by atoms with Crippen molar-refractivity contribution in [1.29, 1.82) is 5.26 Å². The molecule has 198 valence electrons. The number of carbonyl (C=O) groups is 1. The van der Waals surface area contributed by atoms with Crippen molar-refractivity contribution in [2.24, 2.45) is 5.73 Å². The molecule has 1 aliphatic heterocycles. The Morgan fingerprint density at radius 1 is 1.08 bits per heavy atom. The van der Waals surface area contributed by atoms with Crippen LogP contribution in [0, 0.1) is 37.9 Å². The zero-order valence-electron chi connectivity index (χ0n) is 22.1. The molecule has 0 spiro atoms. The van der Waals surface area contributed by atoms with Crippen molar-refractivity contribution in [3.8, 4) is 6.07 Å². The third-order valence-electron chi connectivity index (χ3n) is 7.50. The normalized spacial score (nSPS) is 17.4. The van der Waals surface area contributed by atoms with Crippen LogP contribution in [0.3, 0.4) is 0 Å². The summed E-state index contributed by atoms with van der Waals surface area (Å²) in [6.07, 6.45) is 1.70. The van der Waals surface area contributed by atoms with Crippen LogP contribution in [0.5, 0.6) is 0 Å². The highest BCUT2D eigenvalue weighted by molar-refractivity contribution is 7.98. The second kappa shape index (κ2) is 10.9. The van der Waals surface area contributed by atoms with Gasteiger partial charge in [0.2, 0.25) is 0 Å².